The van der Waals surface area contributed by atoms with E-state index >= 15 is 0 Å². The second kappa shape index (κ2) is 6.89. The summed E-state index contributed by atoms with van der Waals surface area (Å²) in [6, 6.07) is 8.69. The molecule has 0 aliphatic rings. The van der Waals surface area contributed by atoms with Gasteiger partial charge in [0.05, 0.1) is 5.56 Å². The third-order valence-corrected chi connectivity index (χ3v) is 2.21. The van der Waals surface area contributed by atoms with E-state index in [0.29, 0.717) is 5.56 Å². The number of hydrogen-bond acceptors (Lipinski definition) is 4. The van der Waals surface area contributed by atoms with Crippen LogP contribution in [0.25, 0.3) is 0 Å². The van der Waals surface area contributed by atoms with Crippen LogP contribution in [-0.2, 0) is 14.3 Å². The molecule has 1 aromatic rings. The minimum atomic E-state index is -0.536. The van der Waals surface area contributed by atoms with Crippen LogP contribution in [0.4, 0.5) is 0 Å². The molecule has 108 valence electrons. The predicted octanol–water partition coefficient (Wildman–Crippen LogP) is 3.13. The molecule has 4 nitrogen and oxygen atoms in total. The Morgan fingerprint density at radius 3 is 2.30 bits per heavy atom. The van der Waals surface area contributed by atoms with Crippen molar-refractivity contribution in [3.8, 4) is 0 Å². The average molecular weight is 276 g/mol. The minimum Gasteiger partial charge on any atom is -0.457 e. The van der Waals surface area contributed by atoms with E-state index in [-0.39, 0.29) is 0 Å². The van der Waals surface area contributed by atoms with Crippen LogP contribution in [0.1, 0.15) is 38.1 Å². The fourth-order valence-electron chi connectivity index (χ4n) is 1.40. The van der Waals surface area contributed by atoms with Crippen LogP contribution < -0.4 is 0 Å². The Bertz CT molecular complexity index is 483. The molecule has 4 heteroatoms. The molecule has 0 saturated carbocycles. The van der Waals surface area contributed by atoms with Crippen molar-refractivity contribution in [3.05, 3.63) is 48.0 Å². The van der Waals surface area contributed by atoms with Crippen LogP contribution in [-0.4, -0.2) is 23.6 Å². The molecule has 1 unspecified atom stereocenters. The highest BCUT2D eigenvalue weighted by molar-refractivity contribution is 5.89. The number of benzene rings is 1. The van der Waals surface area contributed by atoms with Gasteiger partial charge in [-0.15, -0.1) is 0 Å². The Balaban J connectivity index is 2.49. The molecule has 0 aliphatic heterocycles. The van der Waals surface area contributed by atoms with Gasteiger partial charge in [-0.2, -0.15) is 0 Å². The van der Waals surface area contributed by atoms with E-state index in [4.69, 9.17) is 9.47 Å². The largest absolute Gasteiger partial charge is 0.457 e. The summed E-state index contributed by atoms with van der Waals surface area (Å²) in [6.07, 6.45) is 2.26. The first-order chi connectivity index (χ1) is 9.28. The van der Waals surface area contributed by atoms with Gasteiger partial charge in [0.1, 0.15) is 11.7 Å². The Morgan fingerprint density at radius 1 is 1.15 bits per heavy atom. The Kier molecular flexibility index (Phi) is 5.50. The Hall–Kier alpha value is -2.10. The monoisotopic (exact) mass is 276 g/mol. The summed E-state index contributed by atoms with van der Waals surface area (Å²) in [5, 5.41) is 0. The lowest BCUT2D eigenvalue weighted by molar-refractivity contribution is -0.148. The van der Waals surface area contributed by atoms with Gasteiger partial charge in [0.25, 0.3) is 0 Å². The third-order valence-electron chi connectivity index (χ3n) is 2.21. The standard InChI is InChI=1S/C16H20O4/c1-12(10-11-14(17)20-16(2,3)4)19-15(18)13-8-6-5-7-9-13/h5-12H,1-4H3/b11-10+. The molecule has 0 spiro atoms. The lowest BCUT2D eigenvalue weighted by Crippen LogP contribution is -2.23. The Labute approximate surface area is 119 Å². The molecular formula is C16H20O4. The number of hydrogen-bond donors (Lipinski definition) is 0. The van der Waals surface area contributed by atoms with E-state index in [0.717, 1.165) is 0 Å². The highest BCUT2D eigenvalue weighted by atomic mass is 16.6. The van der Waals surface area contributed by atoms with Gasteiger partial charge in [-0.1, -0.05) is 18.2 Å². The predicted molar refractivity (Wildman–Crippen MR) is 76.3 cm³/mol. The summed E-state index contributed by atoms with van der Waals surface area (Å²) in [6.45, 7) is 7.05. The summed E-state index contributed by atoms with van der Waals surface area (Å²) < 4.78 is 10.3. The van der Waals surface area contributed by atoms with Crippen LogP contribution in [0, 0.1) is 0 Å². The highest BCUT2D eigenvalue weighted by Crippen LogP contribution is 2.08. The highest BCUT2D eigenvalue weighted by Gasteiger charge is 2.15. The molecule has 0 amide bonds. The van der Waals surface area contributed by atoms with Crippen molar-refractivity contribution in [1.82, 2.24) is 0 Å². The Morgan fingerprint density at radius 2 is 1.75 bits per heavy atom. The maximum Gasteiger partial charge on any atom is 0.338 e. The molecule has 0 heterocycles. The average Bonchev–Trinajstić information content (AvgIpc) is 2.35. The van der Waals surface area contributed by atoms with E-state index in [1.54, 1.807) is 52.0 Å². The van der Waals surface area contributed by atoms with E-state index in [9.17, 15) is 9.59 Å². The molecule has 0 saturated heterocycles. The number of carbonyl (C=O) groups excluding carboxylic acids is 2. The van der Waals surface area contributed by atoms with Crippen molar-refractivity contribution in [3.63, 3.8) is 0 Å². The van der Waals surface area contributed by atoms with Gasteiger partial charge in [0, 0.05) is 6.08 Å². The maximum absolute atomic E-state index is 11.8. The van der Waals surface area contributed by atoms with Gasteiger partial charge in [0.2, 0.25) is 0 Å². The van der Waals surface area contributed by atoms with Crippen LogP contribution in [0.15, 0.2) is 42.5 Å². The molecule has 20 heavy (non-hydrogen) atoms. The normalized spacial score (nSPS) is 13.0. The zero-order chi connectivity index (χ0) is 15.2. The van der Waals surface area contributed by atoms with Crippen LogP contribution >= 0.6 is 0 Å². The first-order valence-corrected chi connectivity index (χ1v) is 6.45. The number of carbonyl (C=O) groups is 2. The minimum absolute atomic E-state index is 0.424. The molecule has 0 radical (unpaired) electrons. The van der Waals surface area contributed by atoms with Gasteiger partial charge in [-0.25, -0.2) is 9.59 Å². The summed E-state index contributed by atoms with van der Waals surface area (Å²) in [4.78, 5) is 23.2. The van der Waals surface area contributed by atoms with Gasteiger partial charge in [-0.3, -0.25) is 0 Å². The lowest BCUT2D eigenvalue weighted by atomic mass is 10.2. The second-order valence-corrected chi connectivity index (χ2v) is 5.37. The molecule has 0 fully saturated rings. The smallest absolute Gasteiger partial charge is 0.338 e. The van der Waals surface area contributed by atoms with Crippen molar-refractivity contribution < 1.29 is 19.1 Å². The summed E-state index contributed by atoms with van der Waals surface area (Å²) >= 11 is 0. The van der Waals surface area contributed by atoms with E-state index in [2.05, 4.69) is 0 Å². The number of rotatable bonds is 4. The van der Waals surface area contributed by atoms with Crippen molar-refractivity contribution in [2.75, 3.05) is 0 Å². The summed E-state index contributed by atoms with van der Waals surface area (Å²) in [7, 11) is 0. The quantitative estimate of drug-likeness (QED) is 0.626. The molecule has 0 N–H and O–H groups in total. The maximum atomic E-state index is 11.8. The lowest BCUT2D eigenvalue weighted by Gasteiger charge is -2.18. The second-order valence-electron chi connectivity index (χ2n) is 5.37. The van der Waals surface area contributed by atoms with Gasteiger partial charge in [0.15, 0.2) is 0 Å². The number of esters is 2. The first-order valence-electron chi connectivity index (χ1n) is 6.45. The third kappa shape index (κ3) is 6.18. The van der Waals surface area contributed by atoms with Crippen LogP contribution in [0.3, 0.4) is 0 Å². The summed E-state index contributed by atoms with van der Waals surface area (Å²) in [5.41, 5.74) is -0.0595. The van der Waals surface area contributed by atoms with E-state index < -0.39 is 23.6 Å². The molecular weight excluding hydrogens is 256 g/mol. The topological polar surface area (TPSA) is 52.6 Å². The fraction of sp³-hybridized carbons (Fsp3) is 0.375. The van der Waals surface area contributed by atoms with Gasteiger partial charge < -0.3 is 9.47 Å². The zero-order valence-electron chi connectivity index (χ0n) is 12.3. The van der Waals surface area contributed by atoms with Gasteiger partial charge in [-0.05, 0) is 45.9 Å². The molecule has 0 bridgehead atoms. The molecule has 1 rings (SSSR count). The van der Waals surface area contributed by atoms with E-state index in [1.165, 1.54) is 12.2 Å². The van der Waals surface area contributed by atoms with Gasteiger partial charge >= 0.3 is 11.9 Å². The van der Waals surface area contributed by atoms with Crippen molar-refractivity contribution in [1.29, 1.82) is 0 Å². The summed E-state index contributed by atoms with van der Waals surface area (Å²) in [5.74, 6) is -0.882. The van der Waals surface area contributed by atoms with Crippen molar-refractivity contribution in [2.24, 2.45) is 0 Å². The first kappa shape index (κ1) is 16.0. The zero-order valence-corrected chi connectivity index (χ0v) is 12.3. The molecule has 0 aliphatic carbocycles. The van der Waals surface area contributed by atoms with Crippen LogP contribution in [0.5, 0.6) is 0 Å². The molecule has 1 aromatic carbocycles. The number of ether oxygens (including phenoxy) is 2. The molecule has 0 aromatic heterocycles. The van der Waals surface area contributed by atoms with E-state index in [1.807, 2.05) is 6.07 Å². The van der Waals surface area contributed by atoms with Crippen molar-refractivity contribution >= 4 is 11.9 Å². The molecule has 1 atom stereocenters. The van der Waals surface area contributed by atoms with Crippen LogP contribution in [0.2, 0.25) is 0 Å². The SMILES string of the molecule is CC(/C=C/C(=O)OC(C)(C)C)OC(=O)c1ccccc1. The van der Waals surface area contributed by atoms with Crippen molar-refractivity contribution in [2.45, 2.75) is 39.4 Å². The fourth-order valence-corrected chi connectivity index (χ4v) is 1.40.